The highest BCUT2D eigenvalue weighted by molar-refractivity contribution is 9.10. The lowest BCUT2D eigenvalue weighted by atomic mass is 10.3. The summed E-state index contributed by atoms with van der Waals surface area (Å²) in [6, 6.07) is 4.74. The van der Waals surface area contributed by atoms with Crippen molar-refractivity contribution in [2.24, 2.45) is 0 Å². The van der Waals surface area contributed by atoms with E-state index in [2.05, 4.69) is 26.2 Å². The third kappa shape index (κ3) is 3.17. The van der Waals surface area contributed by atoms with E-state index >= 15 is 0 Å². The summed E-state index contributed by atoms with van der Waals surface area (Å²) in [7, 11) is 0. The van der Waals surface area contributed by atoms with Crippen LogP contribution in [0.4, 0.5) is 15.2 Å². The maximum Gasteiger partial charge on any atom is 0.188 e. The van der Waals surface area contributed by atoms with E-state index in [1.165, 1.54) is 17.4 Å². The molecule has 0 aliphatic rings. The first kappa shape index (κ1) is 12.3. The van der Waals surface area contributed by atoms with Crippen LogP contribution in [-0.4, -0.2) is 11.6 Å². The highest BCUT2D eigenvalue weighted by Gasteiger charge is 2.05. The van der Waals surface area contributed by atoms with E-state index < -0.39 is 0 Å². The molecule has 1 N–H and O–H groups in total. The third-order valence-corrected chi connectivity index (χ3v) is 3.43. The van der Waals surface area contributed by atoms with Crippen molar-refractivity contribution in [2.75, 3.05) is 11.9 Å². The SMILES string of the molecule is CCOc1ccc(Nc2nc(Br)cs2)cc1F. The number of halogens is 2. The molecule has 0 bridgehead atoms. The lowest BCUT2D eigenvalue weighted by molar-refractivity contribution is 0.321. The first-order chi connectivity index (χ1) is 8.19. The van der Waals surface area contributed by atoms with Crippen molar-refractivity contribution in [3.8, 4) is 5.75 Å². The average molecular weight is 317 g/mol. The molecule has 1 aromatic carbocycles. The standard InChI is InChI=1S/C11H10BrFN2OS/c1-2-16-9-4-3-7(5-8(9)13)14-11-15-10(12)6-17-11/h3-6H,2H2,1H3,(H,14,15). The van der Waals surface area contributed by atoms with Crippen LogP contribution in [0, 0.1) is 5.82 Å². The largest absolute Gasteiger partial charge is 0.491 e. The van der Waals surface area contributed by atoms with Gasteiger partial charge in [0, 0.05) is 17.1 Å². The van der Waals surface area contributed by atoms with E-state index in [1.807, 2.05) is 12.3 Å². The second-order valence-electron chi connectivity index (χ2n) is 3.18. The first-order valence-corrected chi connectivity index (χ1v) is 6.66. The number of benzene rings is 1. The van der Waals surface area contributed by atoms with Gasteiger partial charge in [-0.25, -0.2) is 9.37 Å². The molecule has 0 unspecified atom stereocenters. The van der Waals surface area contributed by atoms with Gasteiger partial charge in [-0.2, -0.15) is 0 Å². The molecule has 0 fully saturated rings. The predicted octanol–water partition coefficient (Wildman–Crippen LogP) is 4.19. The van der Waals surface area contributed by atoms with Crippen LogP contribution in [0.5, 0.6) is 5.75 Å². The summed E-state index contributed by atoms with van der Waals surface area (Å²) >= 11 is 4.70. The quantitative estimate of drug-likeness (QED) is 0.918. The topological polar surface area (TPSA) is 34.1 Å². The molecule has 0 atom stereocenters. The normalized spacial score (nSPS) is 10.3. The molecule has 3 nitrogen and oxygen atoms in total. The van der Waals surface area contributed by atoms with Gasteiger partial charge in [0.15, 0.2) is 16.7 Å². The fourth-order valence-electron chi connectivity index (χ4n) is 1.29. The Morgan fingerprint density at radius 2 is 2.35 bits per heavy atom. The third-order valence-electron chi connectivity index (χ3n) is 1.96. The van der Waals surface area contributed by atoms with Gasteiger partial charge in [0.05, 0.1) is 6.61 Å². The second-order valence-corrected chi connectivity index (χ2v) is 4.85. The van der Waals surface area contributed by atoms with Crippen molar-refractivity contribution in [2.45, 2.75) is 6.92 Å². The Bertz CT molecular complexity index is 518. The molecule has 2 aromatic rings. The molecule has 0 radical (unpaired) electrons. The van der Waals surface area contributed by atoms with Gasteiger partial charge < -0.3 is 10.1 Å². The number of nitrogens with one attached hydrogen (secondary N) is 1. The number of anilines is 2. The van der Waals surface area contributed by atoms with Crippen LogP contribution < -0.4 is 10.1 Å². The van der Waals surface area contributed by atoms with E-state index in [0.717, 1.165) is 4.60 Å². The number of thiazole rings is 1. The maximum atomic E-state index is 13.6. The molecule has 90 valence electrons. The van der Waals surface area contributed by atoms with Crippen molar-refractivity contribution in [1.82, 2.24) is 4.98 Å². The Balaban J connectivity index is 2.14. The Labute approximate surface area is 111 Å². The van der Waals surface area contributed by atoms with Gasteiger partial charge in [0.1, 0.15) is 4.60 Å². The molecule has 1 aromatic heterocycles. The van der Waals surface area contributed by atoms with Crippen LogP contribution in [0.15, 0.2) is 28.2 Å². The molecule has 0 saturated carbocycles. The van der Waals surface area contributed by atoms with Crippen LogP contribution in [0.3, 0.4) is 0 Å². The number of hydrogen-bond acceptors (Lipinski definition) is 4. The number of ether oxygens (including phenoxy) is 1. The summed E-state index contributed by atoms with van der Waals surface area (Å²) in [6.45, 7) is 2.27. The summed E-state index contributed by atoms with van der Waals surface area (Å²) in [5.74, 6) is -0.120. The molecule has 0 aliphatic heterocycles. The van der Waals surface area contributed by atoms with Crippen molar-refractivity contribution < 1.29 is 9.13 Å². The van der Waals surface area contributed by atoms with Gasteiger partial charge in [-0.15, -0.1) is 11.3 Å². The lowest BCUT2D eigenvalue weighted by Gasteiger charge is -2.07. The molecule has 0 spiro atoms. The van der Waals surface area contributed by atoms with Gasteiger partial charge >= 0.3 is 0 Å². The fraction of sp³-hybridized carbons (Fsp3) is 0.182. The molecule has 0 saturated heterocycles. The fourth-order valence-corrected chi connectivity index (χ4v) is 2.45. The summed E-state index contributed by atoms with van der Waals surface area (Å²) in [5, 5.41) is 5.58. The molecule has 2 rings (SSSR count). The van der Waals surface area contributed by atoms with E-state index in [1.54, 1.807) is 12.1 Å². The zero-order valence-electron chi connectivity index (χ0n) is 9.04. The Morgan fingerprint density at radius 3 is 2.94 bits per heavy atom. The van der Waals surface area contributed by atoms with E-state index in [4.69, 9.17) is 4.74 Å². The lowest BCUT2D eigenvalue weighted by Crippen LogP contribution is -1.96. The Morgan fingerprint density at radius 1 is 1.53 bits per heavy atom. The zero-order chi connectivity index (χ0) is 12.3. The Hall–Kier alpha value is -1.14. The van der Waals surface area contributed by atoms with Crippen molar-refractivity contribution in [1.29, 1.82) is 0 Å². The molecule has 17 heavy (non-hydrogen) atoms. The number of rotatable bonds is 4. The second kappa shape index (κ2) is 5.46. The number of hydrogen-bond donors (Lipinski definition) is 1. The summed E-state index contributed by atoms with van der Waals surface area (Å²) in [4.78, 5) is 4.16. The van der Waals surface area contributed by atoms with Gasteiger partial charge in [0.25, 0.3) is 0 Å². The van der Waals surface area contributed by atoms with Crippen LogP contribution >= 0.6 is 27.3 Å². The summed E-state index contributed by atoms with van der Waals surface area (Å²) < 4.78 is 19.4. The van der Waals surface area contributed by atoms with E-state index in [-0.39, 0.29) is 11.6 Å². The monoisotopic (exact) mass is 316 g/mol. The van der Waals surface area contributed by atoms with Crippen LogP contribution in [0.2, 0.25) is 0 Å². The molecule has 6 heteroatoms. The average Bonchev–Trinajstić information content (AvgIpc) is 2.68. The van der Waals surface area contributed by atoms with Crippen LogP contribution in [0.25, 0.3) is 0 Å². The highest BCUT2D eigenvalue weighted by Crippen LogP contribution is 2.26. The molecule has 1 heterocycles. The van der Waals surface area contributed by atoms with Gasteiger partial charge in [-0.3, -0.25) is 0 Å². The molecular weight excluding hydrogens is 307 g/mol. The Kier molecular flexibility index (Phi) is 3.96. The smallest absolute Gasteiger partial charge is 0.188 e. The maximum absolute atomic E-state index is 13.6. The van der Waals surface area contributed by atoms with Crippen LogP contribution in [0.1, 0.15) is 6.92 Å². The van der Waals surface area contributed by atoms with Gasteiger partial charge in [-0.05, 0) is 35.0 Å². The van der Waals surface area contributed by atoms with Crippen molar-refractivity contribution in [3.63, 3.8) is 0 Å². The minimum Gasteiger partial charge on any atom is -0.491 e. The summed E-state index contributed by atoms with van der Waals surface area (Å²) in [5.41, 5.74) is 0.646. The van der Waals surface area contributed by atoms with Gasteiger partial charge in [-0.1, -0.05) is 0 Å². The first-order valence-electron chi connectivity index (χ1n) is 4.99. The predicted molar refractivity (Wildman–Crippen MR) is 70.7 cm³/mol. The number of nitrogens with zero attached hydrogens (tertiary/aromatic N) is 1. The van der Waals surface area contributed by atoms with E-state index in [9.17, 15) is 4.39 Å². The summed E-state index contributed by atoms with van der Waals surface area (Å²) in [6.07, 6.45) is 0. The molecule has 0 aliphatic carbocycles. The molecule has 0 amide bonds. The van der Waals surface area contributed by atoms with Crippen molar-refractivity contribution in [3.05, 3.63) is 34.0 Å². The molecular formula is C11H10BrFN2OS. The van der Waals surface area contributed by atoms with Crippen LogP contribution in [-0.2, 0) is 0 Å². The zero-order valence-corrected chi connectivity index (χ0v) is 11.4. The number of aromatic nitrogens is 1. The van der Waals surface area contributed by atoms with Crippen molar-refractivity contribution >= 4 is 38.1 Å². The minimum absolute atomic E-state index is 0.262. The highest BCUT2D eigenvalue weighted by atomic mass is 79.9. The minimum atomic E-state index is -0.382. The van der Waals surface area contributed by atoms with Gasteiger partial charge in [0.2, 0.25) is 0 Å². The van der Waals surface area contributed by atoms with E-state index in [0.29, 0.717) is 17.4 Å².